The highest BCUT2D eigenvalue weighted by Gasteiger charge is 2.13. The summed E-state index contributed by atoms with van der Waals surface area (Å²) in [5.74, 6) is -2.59. The van der Waals surface area contributed by atoms with Crippen LogP contribution in [0.1, 0.15) is 26.3 Å². The quantitative estimate of drug-likeness (QED) is 0.775. The minimum absolute atomic E-state index is 0.0386. The van der Waals surface area contributed by atoms with E-state index in [0.717, 1.165) is 4.90 Å². The number of carbonyl (C=O) groups is 3. The van der Waals surface area contributed by atoms with Crippen molar-refractivity contribution in [1.29, 1.82) is 0 Å². The molecular weight excluding hydrogens is 332 g/mol. The smallest absolute Gasteiger partial charge is 0.337 e. The molecule has 0 saturated carbocycles. The Hall–Kier alpha value is -2.80. The lowest BCUT2D eigenvalue weighted by molar-refractivity contribution is -0.136. The Morgan fingerprint density at radius 2 is 1.62 bits per heavy atom. The molecular formula is C17H14O6S. The van der Waals surface area contributed by atoms with E-state index in [4.69, 9.17) is 10.2 Å². The SMILES string of the molecule is COC(=O)c1ccc(Sc2ccc(C(=O)O)cc2CC(=O)O)cc1. The van der Waals surface area contributed by atoms with Crippen LogP contribution in [0.2, 0.25) is 0 Å². The van der Waals surface area contributed by atoms with Crippen LogP contribution in [0.3, 0.4) is 0 Å². The van der Waals surface area contributed by atoms with Crippen LogP contribution in [0.5, 0.6) is 0 Å². The Labute approximate surface area is 142 Å². The van der Waals surface area contributed by atoms with Gasteiger partial charge in [0.15, 0.2) is 0 Å². The molecule has 2 rings (SSSR count). The molecule has 0 aliphatic heterocycles. The molecule has 0 unspecified atom stereocenters. The molecule has 124 valence electrons. The number of benzene rings is 2. The fourth-order valence-corrected chi connectivity index (χ4v) is 2.94. The maximum absolute atomic E-state index is 11.4. The van der Waals surface area contributed by atoms with Crippen molar-refractivity contribution in [3.8, 4) is 0 Å². The molecule has 0 bridgehead atoms. The summed E-state index contributed by atoms with van der Waals surface area (Å²) < 4.78 is 4.63. The van der Waals surface area contributed by atoms with Crippen LogP contribution < -0.4 is 0 Å². The first-order chi connectivity index (χ1) is 11.4. The molecule has 0 aliphatic carbocycles. The summed E-state index contributed by atoms with van der Waals surface area (Å²) in [6, 6.07) is 11.0. The molecule has 2 aromatic carbocycles. The number of aromatic carboxylic acids is 1. The summed E-state index contributed by atoms with van der Waals surface area (Å²) in [4.78, 5) is 34.9. The average Bonchev–Trinajstić information content (AvgIpc) is 2.55. The molecule has 2 aromatic rings. The van der Waals surface area contributed by atoms with Crippen LogP contribution in [0.15, 0.2) is 52.3 Å². The first kappa shape index (κ1) is 17.6. The van der Waals surface area contributed by atoms with E-state index in [1.54, 1.807) is 30.3 Å². The van der Waals surface area contributed by atoms with Crippen molar-refractivity contribution in [2.75, 3.05) is 7.11 Å². The molecule has 0 spiro atoms. The van der Waals surface area contributed by atoms with Crippen molar-refractivity contribution in [2.45, 2.75) is 16.2 Å². The van der Waals surface area contributed by atoms with Crippen molar-refractivity contribution in [3.63, 3.8) is 0 Å². The molecule has 0 amide bonds. The normalized spacial score (nSPS) is 10.2. The van der Waals surface area contributed by atoms with Crippen molar-refractivity contribution < 1.29 is 29.3 Å². The molecule has 0 fully saturated rings. The van der Waals surface area contributed by atoms with Crippen molar-refractivity contribution >= 4 is 29.7 Å². The summed E-state index contributed by atoms with van der Waals surface area (Å²) in [6.07, 6.45) is -0.274. The molecule has 2 N–H and O–H groups in total. The van der Waals surface area contributed by atoms with Crippen LogP contribution in [-0.2, 0) is 16.0 Å². The minimum Gasteiger partial charge on any atom is -0.481 e. The van der Waals surface area contributed by atoms with E-state index in [2.05, 4.69) is 4.74 Å². The second-order valence-electron chi connectivity index (χ2n) is 4.82. The molecule has 0 heterocycles. The molecule has 7 heteroatoms. The van der Waals surface area contributed by atoms with Gasteiger partial charge in [0, 0.05) is 9.79 Å². The molecule has 6 nitrogen and oxygen atoms in total. The van der Waals surface area contributed by atoms with Gasteiger partial charge in [0.1, 0.15) is 0 Å². The van der Waals surface area contributed by atoms with Crippen molar-refractivity contribution in [3.05, 3.63) is 59.2 Å². The van der Waals surface area contributed by atoms with E-state index in [0.29, 0.717) is 16.0 Å². The number of hydrogen-bond donors (Lipinski definition) is 2. The van der Waals surface area contributed by atoms with Gasteiger partial charge in [0.05, 0.1) is 24.7 Å². The third kappa shape index (κ3) is 4.36. The van der Waals surface area contributed by atoms with Crippen LogP contribution in [0.4, 0.5) is 0 Å². The first-order valence-corrected chi connectivity index (χ1v) is 7.66. The van der Waals surface area contributed by atoms with E-state index in [9.17, 15) is 14.4 Å². The van der Waals surface area contributed by atoms with Crippen LogP contribution in [-0.4, -0.2) is 35.2 Å². The predicted octanol–water partition coefficient (Wildman–Crippen LogP) is 2.95. The zero-order valence-electron chi connectivity index (χ0n) is 12.7. The summed E-state index contributed by atoms with van der Waals surface area (Å²) in [7, 11) is 1.30. The van der Waals surface area contributed by atoms with Gasteiger partial charge >= 0.3 is 17.9 Å². The molecule has 24 heavy (non-hydrogen) atoms. The Balaban J connectivity index is 2.29. The average molecular weight is 346 g/mol. The molecule has 0 atom stereocenters. The van der Waals surface area contributed by atoms with Gasteiger partial charge in [0.2, 0.25) is 0 Å². The highest BCUT2D eigenvalue weighted by Crippen LogP contribution is 2.31. The Morgan fingerprint density at radius 1 is 1.00 bits per heavy atom. The van der Waals surface area contributed by atoms with Gasteiger partial charge in [-0.1, -0.05) is 11.8 Å². The lowest BCUT2D eigenvalue weighted by atomic mass is 10.1. The van der Waals surface area contributed by atoms with Crippen molar-refractivity contribution in [1.82, 2.24) is 0 Å². The summed E-state index contributed by atoms with van der Waals surface area (Å²) in [5.41, 5.74) is 0.870. The second-order valence-corrected chi connectivity index (χ2v) is 5.93. The number of hydrogen-bond acceptors (Lipinski definition) is 5. The minimum atomic E-state index is -1.11. The summed E-state index contributed by atoms with van der Waals surface area (Å²) in [6.45, 7) is 0. The third-order valence-corrected chi connectivity index (χ3v) is 4.28. The monoisotopic (exact) mass is 346 g/mol. The second kappa shape index (κ2) is 7.65. The van der Waals surface area contributed by atoms with Gasteiger partial charge in [-0.15, -0.1) is 0 Å². The highest BCUT2D eigenvalue weighted by molar-refractivity contribution is 7.99. The number of esters is 1. The molecule has 0 aromatic heterocycles. The summed E-state index contributed by atoms with van der Waals surface area (Å²) in [5, 5.41) is 18.0. The van der Waals surface area contributed by atoms with Gasteiger partial charge in [-0.3, -0.25) is 4.79 Å². The van der Waals surface area contributed by atoms with E-state index in [1.807, 2.05) is 0 Å². The standard InChI is InChI=1S/C17H14O6S/c1-23-17(22)10-2-5-13(6-3-10)24-14-7-4-11(16(20)21)8-12(14)9-15(18)19/h2-8H,9H2,1H3,(H,18,19)(H,20,21). The van der Waals surface area contributed by atoms with E-state index in [1.165, 1.54) is 31.0 Å². The molecule has 0 saturated heterocycles. The van der Waals surface area contributed by atoms with Crippen LogP contribution >= 0.6 is 11.8 Å². The fourth-order valence-electron chi connectivity index (χ4n) is 2.02. The zero-order chi connectivity index (χ0) is 17.7. The lowest BCUT2D eigenvalue weighted by Gasteiger charge is -2.09. The van der Waals surface area contributed by atoms with E-state index in [-0.39, 0.29) is 12.0 Å². The zero-order valence-corrected chi connectivity index (χ0v) is 13.5. The largest absolute Gasteiger partial charge is 0.481 e. The number of carbonyl (C=O) groups excluding carboxylic acids is 1. The fraction of sp³-hybridized carbons (Fsp3) is 0.118. The third-order valence-electron chi connectivity index (χ3n) is 3.15. The first-order valence-electron chi connectivity index (χ1n) is 6.85. The number of methoxy groups -OCH3 is 1. The van der Waals surface area contributed by atoms with Gasteiger partial charge in [-0.25, -0.2) is 9.59 Å². The van der Waals surface area contributed by atoms with E-state index >= 15 is 0 Å². The Bertz CT molecular complexity index is 782. The Morgan fingerprint density at radius 3 is 2.17 bits per heavy atom. The maximum atomic E-state index is 11.4. The van der Waals surface area contributed by atoms with E-state index < -0.39 is 17.9 Å². The number of carboxylic acid groups (broad SMARTS) is 2. The van der Waals surface area contributed by atoms with Gasteiger partial charge in [-0.2, -0.15) is 0 Å². The molecule has 0 aliphatic rings. The topological polar surface area (TPSA) is 101 Å². The van der Waals surface area contributed by atoms with Gasteiger partial charge < -0.3 is 14.9 Å². The number of ether oxygens (including phenoxy) is 1. The number of aliphatic carboxylic acids is 1. The lowest BCUT2D eigenvalue weighted by Crippen LogP contribution is -2.04. The predicted molar refractivity (Wildman–Crippen MR) is 86.6 cm³/mol. The van der Waals surface area contributed by atoms with Crippen molar-refractivity contribution in [2.24, 2.45) is 0 Å². The molecule has 0 radical (unpaired) electrons. The maximum Gasteiger partial charge on any atom is 0.337 e. The van der Waals surface area contributed by atoms with Gasteiger partial charge in [-0.05, 0) is 48.0 Å². The Kier molecular flexibility index (Phi) is 5.59. The number of rotatable bonds is 6. The van der Waals surface area contributed by atoms with Crippen LogP contribution in [0, 0.1) is 0 Å². The van der Waals surface area contributed by atoms with Gasteiger partial charge in [0.25, 0.3) is 0 Å². The number of carboxylic acids is 2. The summed E-state index contributed by atoms with van der Waals surface area (Å²) >= 11 is 1.30. The van der Waals surface area contributed by atoms with Crippen LogP contribution in [0.25, 0.3) is 0 Å². The highest BCUT2D eigenvalue weighted by atomic mass is 32.2.